The molecule has 0 saturated carbocycles. The second-order valence-electron chi connectivity index (χ2n) is 10.6. The van der Waals surface area contributed by atoms with Crippen molar-refractivity contribution in [1.29, 1.82) is 0 Å². The number of benzene rings is 2. The van der Waals surface area contributed by atoms with Crippen LogP contribution in [0.25, 0.3) is 11.1 Å². The molecule has 2 aromatic heterocycles. The van der Waals surface area contributed by atoms with E-state index in [1.807, 2.05) is 38.2 Å². The monoisotopic (exact) mass is 537 g/mol. The van der Waals surface area contributed by atoms with Gasteiger partial charge in [-0.1, -0.05) is 24.3 Å². The van der Waals surface area contributed by atoms with E-state index in [9.17, 15) is 9.59 Å². The zero-order valence-corrected chi connectivity index (χ0v) is 23.1. The zero-order valence-electron chi connectivity index (χ0n) is 23.1. The molecule has 1 fully saturated rings. The lowest BCUT2D eigenvalue weighted by molar-refractivity contribution is 0.0712. The van der Waals surface area contributed by atoms with E-state index in [-0.39, 0.29) is 17.9 Å². The summed E-state index contributed by atoms with van der Waals surface area (Å²) in [4.78, 5) is 32.3. The summed E-state index contributed by atoms with van der Waals surface area (Å²) in [5.41, 5.74) is 11.4. The Hall–Kier alpha value is -4.66. The minimum Gasteiger partial charge on any atom is -0.397 e. The fraction of sp³-hybridized carbons (Fsp3) is 0.290. The van der Waals surface area contributed by atoms with Crippen LogP contribution in [0.5, 0.6) is 0 Å². The molecule has 0 aliphatic carbocycles. The first-order valence-corrected chi connectivity index (χ1v) is 13.6. The fourth-order valence-corrected chi connectivity index (χ4v) is 5.02. The highest BCUT2D eigenvalue weighted by Crippen LogP contribution is 2.31. The van der Waals surface area contributed by atoms with Crippen LogP contribution >= 0.6 is 0 Å². The molecule has 206 valence electrons. The molecule has 0 unspecified atom stereocenters. The number of nitrogen functional groups attached to an aromatic ring is 1. The highest BCUT2D eigenvalue weighted by Gasteiger charge is 2.25. The number of nitrogens with two attached hydrogens (primary N) is 1. The largest absolute Gasteiger partial charge is 0.397 e. The summed E-state index contributed by atoms with van der Waals surface area (Å²) in [6.07, 6.45) is 7.18. The second-order valence-corrected chi connectivity index (χ2v) is 10.6. The van der Waals surface area contributed by atoms with E-state index in [4.69, 9.17) is 5.73 Å². The Kier molecular flexibility index (Phi) is 7.82. The average molecular weight is 538 g/mol. The van der Waals surface area contributed by atoms with E-state index in [0.29, 0.717) is 47.3 Å². The number of pyridine rings is 1. The number of anilines is 3. The first kappa shape index (κ1) is 26.9. The predicted octanol–water partition coefficient (Wildman–Crippen LogP) is 5.16. The number of hydrogen-bond donors (Lipinski definition) is 3. The van der Waals surface area contributed by atoms with Crippen molar-refractivity contribution in [2.75, 3.05) is 29.5 Å². The van der Waals surface area contributed by atoms with Crippen LogP contribution in [0.4, 0.5) is 17.2 Å². The van der Waals surface area contributed by atoms with Gasteiger partial charge in [-0.25, -0.2) is 4.98 Å². The Morgan fingerprint density at radius 1 is 0.950 bits per heavy atom. The lowest BCUT2D eigenvalue weighted by atomic mass is 9.88. The molecule has 9 nitrogen and oxygen atoms in total. The molecule has 1 saturated heterocycles. The second kappa shape index (κ2) is 11.6. The van der Waals surface area contributed by atoms with Crippen molar-refractivity contribution < 1.29 is 9.59 Å². The SMILES string of the molecule is CC(C)Nc1ccc(C(=O)Nc2cc(C(=O)N3CCC(c4ccc(-c5cnn(C)c5)cc4)CC3)ccc2N)cn1. The minimum absolute atomic E-state index is 0.0633. The normalized spacial score (nSPS) is 13.8. The zero-order chi connectivity index (χ0) is 28.2. The number of hydrogen-bond acceptors (Lipinski definition) is 6. The third kappa shape index (κ3) is 6.14. The van der Waals surface area contributed by atoms with Crippen LogP contribution in [0.1, 0.15) is 58.9 Å². The van der Waals surface area contributed by atoms with Crippen LogP contribution in [0.15, 0.2) is 73.2 Å². The number of aryl methyl sites for hydroxylation is 1. The van der Waals surface area contributed by atoms with Gasteiger partial charge in [0.05, 0.1) is 23.1 Å². The Morgan fingerprint density at radius 3 is 2.30 bits per heavy atom. The molecule has 3 heterocycles. The number of carbonyl (C=O) groups excluding carboxylic acids is 2. The fourth-order valence-electron chi connectivity index (χ4n) is 5.02. The van der Waals surface area contributed by atoms with E-state index in [0.717, 1.165) is 24.0 Å². The van der Waals surface area contributed by atoms with Gasteiger partial charge in [-0.2, -0.15) is 5.10 Å². The van der Waals surface area contributed by atoms with Crippen molar-refractivity contribution in [2.24, 2.45) is 7.05 Å². The summed E-state index contributed by atoms with van der Waals surface area (Å²) >= 11 is 0. The van der Waals surface area contributed by atoms with Crippen LogP contribution in [-0.4, -0.2) is 50.6 Å². The van der Waals surface area contributed by atoms with Crippen LogP contribution in [0.2, 0.25) is 0 Å². The molecule has 0 radical (unpaired) electrons. The summed E-state index contributed by atoms with van der Waals surface area (Å²) in [5, 5.41) is 10.3. The Bertz CT molecular complexity index is 1490. The third-order valence-corrected chi connectivity index (χ3v) is 7.21. The molecule has 2 amide bonds. The molecule has 0 spiro atoms. The average Bonchev–Trinajstić information content (AvgIpc) is 3.40. The summed E-state index contributed by atoms with van der Waals surface area (Å²) in [5.74, 6) is 0.704. The van der Waals surface area contributed by atoms with Crippen LogP contribution < -0.4 is 16.4 Å². The van der Waals surface area contributed by atoms with Gasteiger partial charge in [0.15, 0.2) is 0 Å². The standard InChI is InChI=1S/C31H35N7O2/c1-20(2)35-29-11-9-25(17-33-29)30(39)36-28-16-24(8-10-27(28)32)31(40)38-14-12-23(13-15-38)21-4-6-22(7-5-21)26-18-34-37(3)19-26/h4-11,16-20,23H,12-15,32H2,1-3H3,(H,33,35)(H,36,39). The van der Waals surface area contributed by atoms with Gasteiger partial charge in [-0.05, 0) is 74.1 Å². The van der Waals surface area contributed by atoms with Crippen molar-refractivity contribution in [3.05, 3.63) is 89.9 Å². The van der Waals surface area contributed by atoms with E-state index in [2.05, 4.69) is 45.0 Å². The first-order chi connectivity index (χ1) is 19.3. The van der Waals surface area contributed by atoms with Gasteiger partial charge in [0.1, 0.15) is 5.82 Å². The molecule has 4 aromatic rings. The van der Waals surface area contributed by atoms with Crippen molar-refractivity contribution in [3.63, 3.8) is 0 Å². The molecule has 1 aliphatic heterocycles. The molecule has 40 heavy (non-hydrogen) atoms. The molecule has 2 aromatic carbocycles. The van der Waals surface area contributed by atoms with Gasteiger partial charge >= 0.3 is 0 Å². The molecule has 5 rings (SSSR count). The van der Waals surface area contributed by atoms with E-state index < -0.39 is 0 Å². The van der Waals surface area contributed by atoms with Crippen molar-refractivity contribution in [2.45, 2.75) is 38.6 Å². The topological polar surface area (TPSA) is 118 Å². The third-order valence-electron chi connectivity index (χ3n) is 7.21. The van der Waals surface area contributed by atoms with Crippen LogP contribution in [0, 0.1) is 0 Å². The quantitative estimate of drug-likeness (QED) is 0.280. The summed E-state index contributed by atoms with van der Waals surface area (Å²) < 4.78 is 1.80. The Labute approximate surface area is 234 Å². The molecule has 0 atom stereocenters. The van der Waals surface area contributed by atoms with E-state index in [1.54, 1.807) is 35.0 Å². The number of carbonyl (C=O) groups is 2. The van der Waals surface area contributed by atoms with Gasteiger partial charge in [0.2, 0.25) is 0 Å². The Balaban J connectivity index is 1.19. The first-order valence-electron chi connectivity index (χ1n) is 13.6. The lowest BCUT2D eigenvalue weighted by Gasteiger charge is -2.32. The summed E-state index contributed by atoms with van der Waals surface area (Å²) in [6.45, 7) is 5.37. The highest BCUT2D eigenvalue weighted by atomic mass is 16.2. The lowest BCUT2D eigenvalue weighted by Crippen LogP contribution is -2.38. The number of piperidine rings is 1. The highest BCUT2D eigenvalue weighted by molar-refractivity contribution is 6.06. The molecule has 9 heteroatoms. The predicted molar refractivity (Wildman–Crippen MR) is 158 cm³/mol. The number of likely N-dealkylation sites (tertiary alicyclic amines) is 1. The molecule has 1 aliphatic rings. The van der Waals surface area contributed by atoms with E-state index >= 15 is 0 Å². The summed E-state index contributed by atoms with van der Waals surface area (Å²) in [7, 11) is 1.91. The van der Waals surface area contributed by atoms with Crippen LogP contribution in [0.3, 0.4) is 0 Å². The number of aromatic nitrogens is 3. The molecule has 0 bridgehead atoms. The number of nitrogens with one attached hydrogen (secondary N) is 2. The van der Waals surface area contributed by atoms with Crippen molar-refractivity contribution >= 4 is 29.0 Å². The van der Waals surface area contributed by atoms with Crippen molar-refractivity contribution in [1.82, 2.24) is 19.7 Å². The van der Waals surface area contributed by atoms with Gasteiger partial charge in [-0.3, -0.25) is 14.3 Å². The molecular weight excluding hydrogens is 502 g/mol. The number of rotatable bonds is 7. The van der Waals surface area contributed by atoms with Crippen molar-refractivity contribution in [3.8, 4) is 11.1 Å². The number of amides is 2. The summed E-state index contributed by atoms with van der Waals surface area (Å²) in [6, 6.07) is 17.4. The van der Waals surface area contributed by atoms with E-state index in [1.165, 1.54) is 11.8 Å². The van der Waals surface area contributed by atoms with Gasteiger partial charge < -0.3 is 21.3 Å². The molecule has 4 N–H and O–H groups in total. The van der Waals surface area contributed by atoms with Gasteiger partial charge in [-0.15, -0.1) is 0 Å². The Morgan fingerprint density at radius 2 is 1.68 bits per heavy atom. The van der Waals surface area contributed by atoms with Gasteiger partial charge in [0, 0.05) is 49.7 Å². The van der Waals surface area contributed by atoms with Crippen LogP contribution in [-0.2, 0) is 7.05 Å². The maximum absolute atomic E-state index is 13.3. The number of nitrogens with zero attached hydrogens (tertiary/aromatic N) is 4. The smallest absolute Gasteiger partial charge is 0.257 e. The van der Waals surface area contributed by atoms with Gasteiger partial charge in [0.25, 0.3) is 11.8 Å². The molecular formula is C31H35N7O2. The maximum atomic E-state index is 13.3. The maximum Gasteiger partial charge on any atom is 0.257 e. The minimum atomic E-state index is -0.338.